The van der Waals surface area contributed by atoms with Crippen molar-refractivity contribution in [3.8, 4) is 0 Å². The summed E-state index contributed by atoms with van der Waals surface area (Å²) in [7, 11) is -2.49. The van der Waals surface area contributed by atoms with E-state index in [0.29, 0.717) is 25.9 Å². The molecule has 0 aromatic rings. The number of alkyl halides is 1. The van der Waals surface area contributed by atoms with Crippen molar-refractivity contribution in [1.29, 1.82) is 0 Å². The Morgan fingerprint density at radius 2 is 1.36 bits per heavy atom. The van der Waals surface area contributed by atoms with Crippen LogP contribution < -0.4 is 0 Å². The van der Waals surface area contributed by atoms with Crippen LogP contribution in [0.3, 0.4) is 0 Å². The Labute approximate surface area is 93.1 Å². The van der Waals surface area contributed by atoms with Crippen LogP contribution in [0.2, 0.25) is 6.04 Å². The average Bonchev–Trinajstić information content (AvgIpc) is 2.03. The van der Waals surface area contributed by atoms with Crippen LogP contribution in [0.25, 0.3) is 0 Å². The van der Waals surface area contributed by atoms with Crippen molar-refractivity contribution in [2.45, 2.75) is 39.1 Å². The highest BCUT2D eigenvalue weighted by atomic mass is 35.5. The largest absolute Gasteiger partial charge is 0.502 e. The lowest BCUT2D eigenvalue weighted by Crippen LogP contribution is -2.47. The van der Waals surface area contributed by atoms with Crippen LogP contribution in [-0.4, -0.2) is 34.0 Å². The Morgan fingerprint density at radius 1 is 1.00 bits per heavy atom. The molecule has 0 saturated carbocycles. The maximum absolute atomic E-state index is 5.96. The van der Waals surface area contributed by atoms with Crippen LogP contribution in [0.5, 0.6) is 0 Å². The van der Waals surface area contributed by atoms with E-state index in [1.54, 1.807) is 0 Å². The summed E-state index contributed by atoms with van der Waals surface area (Å²) in [5, 5.41) is 0.0197. The summed E-state index contributed by atoms with van der Waals surface area (Å²) in [4.78, 5) is 0. The predicted octanol–water partition coefficient (Wildman–Crippen LogP) is 2.66. The van der Waals surface area contributed by atoms with Gasteiger partial charge in [0.2, 0.25) is 0 Å². The highest BCUT2D eigenvalue weighted by Crippen LogP contribution is 2.20. The number of rotatable bonds is 8. The molecular formula is C9H21ClO3Si. The Kier molecular flexibility index (Phi) is 7.86. The van der Waals surface area contributed by atoms with Crippen molar-refractivity contribution in [3.63, 3.8) is 0 Å². The molecule has 3 nitrogen and oxygen atoms in total. The Bertz CT molecular complexity index is 127. The summed E-state index contributed by atoms with van der Waals surface area (Å²) in [6.45, 7) is 9.58. The number of hydrogen-bond acceptors (Lipinski definition) is 3. The lowest BCUT2D eigenvalue weighted by Gasteiger charge is -2.29. The third-order valence-electron chi connectivity index (χ3n) is 1.62. The number of halogens is 1. The zero-order valence-corrected chi connectivity index (χ0v) is 11.3. The maximum atomic E-state index is 5.96. The quantitative estimate of drug-likeness (QED) is 0.482. The summed E-state index contributed by atoms with van der Waals surface area (Å²) < 4.78 is 16.9. The molecule has 86 valence electrons. The first kappa shape index (κ1) is 14.4. The predicted molar refractivity (Wildman–Crippen MR) is 60.8 cm³/mol. The highest BCUT2D eigenvalue weighted by Gasteiger charge is 2.41. The van der Waals surface area contributed by atoms with Crippen LogP contribution in [0.1, 0.15) is 27.7 Å². The summed E-state index contributed by atoms with van der Waals surface area (Å²) >= 11 is 5.96. The van der Waals surface area contributed by atoms with Gasteiger partial charge >= 0.3 is 8.80 Å². The van der Waals surface area contributed by atoms with Gasteiger partial charge < -0.3 is 13.3 Å². The molecule has 0 rings (SSSR count). The van der Waals surface area contributed by atoms with E-state index in [-0.39, 0.29) is 5.38 Å². The fourth-order valence-corrected chi connectivity index (χ4v) is 4.48. The van der Waals surface area contributed by atoms with E-state index < -0.39 is 8.80 Å². The molecule has 0 heterocycles. The van der Waals surface area contributed by atoms with Crippen molar-refractivity contribution in [2.75, 3.05) is 19.8 Å². The van der Waals surface area contributed by atoms with Crippen LogP contribution in [0, 0.1) is 0 Å². The fourth-order valence-electron chi connectivity index (χ4n) is 1.31. The van der Waals surface area contributed by atoms with Gasteiger partial charge in [0, 0.05) is 31.2 Å². The average molecular weight is 241 g/mol. The molecule has 5 heteroatoms. The minimum atomic E-state index is -2.49. The second kappa shape index (κ2) is 7.65. The van der Waals surface area contributed by atoms with Crippen LogP contribution >= 0.6 is 11.6 Å². The van der Waals surface area contributed by atoms with Gasteiger partial charge in [-0.1, -0.05) is 0 Å². The van der Waals surface area contributed by atoms with E-state index in [9.17, 15) is 0 Å². The third-order valence-corrected chi connectivity index (χ3v) is 5.33. The third kappa shape index (κ3) is 5.31. The van der Waals surface area contributed by atoms with Gasteiger partial charge in [-0.05, 0) is 27.7 Å². The zero-order chi connectivity index (χ0) is 11.0. The van der Waals surface area contributed by atoms with Gasteiger partial charge in [0.25, 0.3) is 0 Å². The molecule has 14 heavy (non-hydrogen) atoms. The van der Waals surface area contributed by atoms with Gasteiger partial charge in [-0.2, -0.15) is 0 Å². The standard InChI is InChI=1S/C9H21ClO3Si/c1-5-11-14(12-6-2,13-7-3)8-9(4)10/h9H,5-8H2,1-4H3. The molecule has 0 bridgehead atoms. The monoisotopic (exact) mass is 240 g/mol. The lowest BCUT2D eigenvalue weighted by molar-refractivity contribution is 0.0714. The van der Waals surface area contributed by atoms with Gasteiger partial charge in [0.05, 0.1) is 0 Å². The molecular weight excluding hydrogens is 220 g/mol. The van der Waals surface area contributed by atoms with Gasteiger partial charge in [-0.3, -0.25) is 0 Å². The molecule has 0 aliphatic heterocycles. The first-order valence-corrected chi connectivity index (χ1v) is 7.53. The molecule has 0 aromatic heterocycles. The lowest BCUT2D eigenvalue weighted by atomic mass is 10.6. The van der Waals surface area contributed by atoms with Gasteiger partial charge in [-0.25, -0.2) is 0 Å². The molecule has 0 aliphatic carbocycles. The van der Waals surface area contributed by atoms with E-state index in [4.69, 9.17) is 24.9 Å². The zero-order valence-electron chi connectivity index (χ0n) is 9.51. The molecule has 0 N–H and O–H groups in total. The Morgan fingerprint density at radius 3 is 1.57 bits per heavy atom. The Hall–Kier alpha value is 0.387. The number of hydrogen-bond donors (Lipinski definition) is 0. The second-order valence-corrected chi connectivity index (χ2v) is 6.35. The first-order valence-electron chi connectivity index (χ1n) is 5.16. The fraction of sp³-hybridized carbons (Fsp3) is 1.00. The maximum Gasteiger partial charge on any atom is 0.502 e. The highest BCUT2D eigenvalue weighted by molar-refractivity contribution is 6.61. The second-order valence-electron chi connectivity index (χ2n) is 2.97. The molecule has 0 saturated heterocycles. The molecule has 0 amide bonds. The molecule has 1 atom stereocenters. The van der Waals surface area contributed by atoms with Crippen molar-refractivity contribution in [3.05, 3.63) is 0 Å². The van der Waals surface area contributed by atoms with Gasteiger partial charge in [0.15, 0.2) is 0 Å². The van der Waals surface area contributed by atoms with E-state index in [2.05, 4.69) is 0 Å². The van der Waals surface area contributed by atoms with E-state index in [1.807, 2.05) is 27.7 Å². The normalized spacial score (nSPS) is 14.4. The minimum Gasteiger partial charge on any atom is -0.374 e. The van der Waals surface area contributed by atoms with Gasteiger partial charge in [-0.15, -0.1) is 11.6 Å². The summed E-state index contributed by atoms with van der Waals surface area (Å²) in [6, 6.07) is 0.671. The minimum absolute atomic E-state index is 0.0197. The van der Waals surface area contributed by atoms with Crippen molar-refractivity contribution in [1.82, 2.24) is 0 Å². The first-order chi connectivity index (χ1) is 6.60. The van der Waals surface area contributed by atoms with Crippen molar-refractivity contribution >= 4 is 20.4 Å². The van der Waals surface area contributed by atoms with E-state index >= 15 is 0 Å². The van der Waals surface area contributed by atoms with E-state index in [0.717, 1.165) is 0 Å². The molecule has 0 spiro atoms. The summed E-state index contributed by atoms with van der Waals surface area (Å²) in [5.74, 6) is 0. The molecule has 0 aromatic carbocycles. The smallest absolute Gasteiger partial charge is 0.374 e. The summed E-state index contributed by atoms with van der Waals surface area (Å²) in [5.41, 5.74) is 0. The van der Waals surface area contributed by atoms with Crippen molar-refractivity contribution < 1.29 is 13.3 Å². The van der Waals surface area contributed by atoms with Crippen LogP contribution in [0.15, 0.2) is 0 Å². The summed E-state index contributed by atoms with van der Waals surface area (Å²) in [6.07, 6.45) is 0. The van der Waals surface area contributed by atoms with E-state index in [1.165, 1.54) is 0 Å². The molecule has 0 fully saturated rings. The SMILES string of the molecule is CCO[Si](CC(C)Cl)(OCC)OCC. The topological polar surface area (TPSA) is 27.7 Å². The molecule has 1 unspecified atom stereocenters. The molecule has 0 radical (unpaired) electrons. The molecule has 0 aliphatic rings. The van der Waals surface area contributed by atoms with Gasteiger partial charge in [0.1, 0.15) is 0 Å². The van der Waals surface area contributed by atoms with Crippen LogP contribution in [-0.2, 0) is 13.3 Å². The van der Waals surface area contributed by atoms with Crippen LogP contribution in [0.4, 0.5) is 0 Å². The van der Waals surface area contributed by atoms with Crippen molar-refractivity contribution in [2.24, 2.45) is 0 Å². The Balaban J connectivity index is 4.37.